The molecule has 0 rings (SSSR count). The SMILES string of the molecule is CCCCCCCCO[P+](=O)CCCCCCCC.[H-].[Na+]. The van der Waals surface area contributed by atoms with Gasteiger partial charge in [0.1, 0.15) is 6.61 Å². The zero-order chi connectivity index (χ0) is 14.2. The average Bonchev–Trinajstić information content (AvgIpc) is 2.41. The molecule has 0 N–H and O–H groups in total. The molecule has 0 aromatic heterocycles. The summed E-state index contributed by atoms with van der Waals surface area (Å²) in [7, 11) is -1.38. The van der Waals surface area contributed by atoms with Crippen molar-refractivity contribution < 1.29 is 40.1 Å². The van der Waals surface area contributed by atoms with Crippen molar-refractivity contribution in [1.29, 1.82) is 0 Å². The van der Waals surface area contributed by atoms with Gasteiger partial charge in [-0.05, 0) is 23.8 Å². The van der Waals surface area contributed by atoms with E-state index in [0.29, 0.717) is 6.61 Å². The van der Waals surface area contributed by atoms with Crippen LogP contribution in [0.3, 0.4) is 0 Å². The second-order valence-electron chi connectivity index (χ2n) is 5.43. The molecule has 0 radical (unpaired) electrons. The Morgan fingerprint density at radius 3 is 1.75 bits per heavy atom. The van der Waals surface area contributed by atoms with Gasteiger partial charge in [0.25, 0.3) is 0 Å². The first kappa shape index (κ1) is 23.3. The van der Waals surface area contributed by atoms with Crippen LogP contribution in [0.15, 0.2) is 0 Å². The fraction of sp³-hybridized carbons (Fsp3) is 1.00. The molecule has 1 unspecified atom stereocenters. The summed E-state index contributed by atoms with van der Waals surface area (Å²) in [6, 6.07) is 0. The molecular weight excluding hydrogens is 278 g/mol. The summed E-state index contributed by atoms with van der Waals surface area (Å²) in [6.45, 7) is 5.15. The van der Waals surface area contributed by atoms with Crippen LogP contribution < -0.4 is 29.6 Å². The number of rotatable bonds is 15. The monoisotopic (exact) mass is 313 g/mol. The van der Waals surface area contributed by atoms with Crippen molar-refractivity contribution in [3.63, 3.8) is 0 Å². The van der Waals surface area contributed by atoms with Gasteiger partial charge in [-0.3, -0.25) is 0 Å². The van der Waals surface area contributed by atoms with Gasteiger partial charge in [-0.1, -0.05) is 71.6 Å². The Morgan fingerprint density at radius 1 is 0.750 bits per heavy atom. The molecule has 4 heteroatoms. The molecule has 20 heavy (non-hydrogen) atoms. The van der Waals surface area contributed by atoms with Crippen LogP contribution >= 0.6 is 8.03 Å². The fourth-order valence-corrected chi connectivity index (χ4v) is 3.08. The zero-order valence-electron chi connectivity index (χ0n) is 15.2. The Morgan fingerprint density at radius 2 is 1.20 bits per heavy atom. The van der Waals surface area contributed by atoms with E-state index in [4.69, 9.17) is 4.52 Å². The van der Waals surface area contributed by atoms with Crippen LogP contribution in [0.4, 0.5) is 0 Å². The van der Waals surface area contributed by atoms with Gasteiger partial charge in [0, 0.05) is 0 Å². The Balaban J connectivity index is -0.00000162. The molecule has 0 saturated heterocycles. The maximum atomic E-state index is 11.6. The van der Waals surface area contributed by atoms with Gasteiger partial charge in [0.15, 0.2) is 6.16 Å². The van der Waals surface area contributed by atoms with E-state index in [-0.39, 0.29) is 31.0 Å². The van der Waals surface area contributed by atoms with Crippen molar-refractivity contribution in [3.05, 3.63) is 0 Å². The third kappa shape index (κ3) is 19.1. The van der Waals surface area contributed by atoms with E-state index in [1.54, 1.807) is 0 Å². The summed E-state index contributed by atoms with van der Waals surface area (Å²) in [5.41, 5.74) is 0. The predicted molar refractivity (Wildman–Crippen MR) is 86.3 cm³/mol. The summed E-state index contributed by atoms with van der Waals surface area (Å²) in [6.07, 6.45) is 15.8. The largest absolute Gasteiger partial charge is 1.00 e. The van der Waals surface area contributed by atoms with Crippen LogP contribution in [0.5, 0.6) is 0 Å². The van der Waals surface area contributed by atoms with Gasteiger partial charge in [-0.15, -0.1) is 4.52 Å². The zero-order valence-corrected chi connectivity index (χ0v) is 17.1. The van der Waals surface area contributed by atoms with Gasteiger partial charge in [0.2, 0.25) is 0 Å². The third-order valence-electron chi connectivity index (χ3n) is 3.43. The standard InChI is InChI=1S/C16H34O2P.Na.H/c1-3-5-7-9-11-13-15-18-19(17)16-14-12-10-8-6-4-2;;/h3-16H2,1-2H3;;/q2*+1;-1. The third-order valence-corrected chi connectivity index (χ3v) is 4.58. The van der Waals surface area contributed by atoms with E-state index in [1.807, 2.05) is 0 Å². The minimum absolute atomic E-state index is 0. The molecule has 0 saturated carbocycles. The van der Waals surface area contributed by atoms with Gasteiger partial charge >= 0.3 is 37.6 Å². The number of unbranched alkanes of at least 4 members (excludes halogenated alkanes) is 10. The number of hydrogen-bond donors (Lipinski definition) is 0. The van der Waals surface area contributed by atoms with Gasteiger partial charge < -0.3 is 1.43 Å². The molecule has 1 atom stereocenters. The second-order valence-corrected chi connectivity index (χ2v) is 6.80. The quantitative estimate of drug-likeness (QED) is 0.262. The summed E-state index contributed by atoms with van der Waals surface area (Å²) in [4.78, 5) is 0. The topological polar surface area (TPSA) is 26.3 Å². The predicted octanol–water partition coefficient (Wildman–Crippen LogP) is 3.58. The van der Waals surface area contributed by atoms with Crippen LogP contribution in [-0.2, 0) is 9.09 Å². The summed E-state index contributed by atoms with van der Waals surface area (Å²) in [5, 5.41) is 0. The van der Waals surface area contributed by atoms with Crippen molar-refractivity contribution >= 4 is 8.03 Å². The molecule has 116 valence electrons. The van der Waals surface area contributed by atoms with Crippen molar-refractivity contribution in [2.75, 3.05) is 12.8 Å². The van der Waals surface area contributed by atoms with Crippen LogP contribution in [0.1, 0.15) is 92.3 Å². The Kier molecular flexibility index (Phi) is 23.4. The molecule has 0 bridgehead atoms. The molecule has 0 spiro atoms. The minimum Gasteiger partial charge on any atom is -1.00 e. The summed E-state index contributed by atoms with van der Waals surface area (Å²) >= 11 is 0. The first-order chi connectivity index (χ1) is 9.31. The normalized spacial score (nSPS) is 11.2. The maximum Gasteiger partial charge on any atom is 1.00 e. The Labute approximate surface area is 151 Å². The van der Waals surface area contributed by atoms with Crippen molar-refractivity contribution in [2.24, 2.45) is 0 Å². The second kappa shape index (κ2) is 20.1. The summed E-state index contributed by atoms with van der Waals surface area (Å²) in [5.74, 6) is 0. The molecule has 0 aromatic carbocycles. The van der Waals surface area contributed by atoms with E-state index >= 15 is 0 Å². The molecule has 0 aliphatic heterocycles. The van der Waals surface area contributed by atoms with E-state index in [0.717, 1.165) is 19.0 Å². The maximum absolute atomic E-state index is 11.6. The first-order valence-corrected chi connectivity index (χ1v) is 9.75. The molecule has 0 heterocycles. The first-order valence-electron chi connectivity index (χ1n) is 8.38. The molecule has 0 fully saturated rings. The van der Waals surface area contributed by atoms with Crippen LogP contribution in [0.25, 0.3) is 0 Å². The number of hydrogen-bond acceptors (Lipinski definition) is 2. The van der Waals surface area contributed by atoms with E-state index in [2.05, 4.69) is 13.8 Å². The van der Waals surface area contributed by atoms with Gasteiger partial charge in [-0.25, -0.2) is 0 Å². The van der Waals surface area contributed by atoms with Gasteiger partial charge in [-0.2, -0.15) is 0 Å². The molecule has 0 amide bonds. The Hall–Kier alpha value is 1.06. The Bertz CT molecular complexity index is 207. The van der Waals surface area contributed by atoms with E-state index in [1.165, 1.54) is 64.2 Å². The van der Waals surface area contributed by atoms with E-state index < -0.39 is 8.03 Å². The molecule has 2 nitrogen and oxygen atoms in total. The fourth-order valence-electron chi connectivity index (χ4n) is 2.13. The van der Waals surface area contributed by atoms with Crippen LogP contribution in [0, 0.1) is 0 Å². The molecular formula is C16H35NaO2P+. The van der Waals surface area contributed by atoms with Crippen LogP contribution in [-0.4, -0.2) is 12.8 Å². The minimum atomic E-state index is -1.38. The van der Waals surface area contributed by atoms with Crippen LogP contribution in [0.2, 0.25) is 0 Å². The van der Waals surface area contributed by atoms with Crippen molar-refractivity contribution in [1.82, 2.24) is 0 Å². The van der Waals surface area contributed by atoms with Crippen molar-refractivity contribution in [3.8, 4) is 0 Å². The molecule has 0 aliphatic rings. The van der Waals surface area contributed by atoms with E-state index in [9.17, 15) is 4.57 Å². The summed E-state index contributed by atoms with van der Waals surface area (Å²) < 4.78 is 17.0. The average molecular weight is 313 g/mol. The molecule has 0 aromatic rings. The van der Waals surface area contributed by atoms with Crippen molar-refractivity contribution in [2.45, 2.75) is 90.9 Å². The molecule has 0 aliphatic carbocycles. The smallest absolute Gasteiger partial charge is 1.00 e. The van der Waals surface area contributed by atoms with Gasteiger partial charge in [0.05, 0.1) is 0 Å².